The van der Waals surface area contributed by atoms with Gasteiger partial charge in [0.05, 0.1) is 5.92 Å². The molecule has 4 bridgehead atoms. The second kappa shape index (κ2) is 4.22. The molecule has 0 radical (unpaired) electrons. The molecule has 7 unspecified atom stereocenters. The molecule has 108 valence electrons. The summed E-state index contributed by atoms with van der Waals surface area (Å²) in [6.07, 6.45) is 8.55. The molecule has 4 aliphatic carbocycles. The first-order valence-electron chi connectivity index (χ1n) is 8.26. The predicted molar refractivity (Wildman–Crippen MR) is 79.5 cm³/mol. The second-order valence-corrected chi connectivity index (χ2v) is 7.34. The number of carbonyl (C=O) groups excluding carboxylic acids is 1. The van der Waals surface area contributed by atoms with Crippen molar-refractivity contribution in [3.8, 4) is 5.75 Å². The van der Waals surface area contributed by atoms with Crippen LogP contribution in [0.2, 0.25) is 0 Å². The van der Waals surface area contributed by atoms with Crippen molar-refractivity contribution in [1.29, 1.82) is 0 Å². The Morgan fingerprint density at radius 3 is 2.52 bits per heavy atom. The van der Waals surface area contributed by atoms with Gasteiger partial charge in [0.1, 0.15) is 5.75 Å². The number of carbonyl (C=O) groups is 1. The van der Waals surface area contributed by atoms with Crippen LogP contribution in [0.1, 0.15) is 19.3 Å². The number of rotatable bonds is 2. The average Bonchev–Trinajstić information content (AvgIpc) is 3.26. The molecule has 3 saturated carbocycles. The third-order valence-corrected chi connectivity index (χ3v) is 6.53. The number of ether oxygens (including phenoxy) is 1. The standard InChI is InChI=1S/C19H20O2/c20-19(21-14-4-2-1-3-5-14)16-10-13-9-15(16)18-12-7-6-11(8-12)17(13)18/h1-7,11-13,15-18H,8-10H2. The molecule has 7 atom stereocenters. The molecule has 2 nitrogen and oxygen atoms in total. The minimum Gasteiger partial charge on any atom is -0.426 e. The van der Waals surface area contributed by atoms with E-state index in [0.29, 0.717) is 11.7 Å². The highest BCUT2D eigenvalue weighted by molar-refractivity contribution is 5.76. The summed E-state index contributed by atoms with van der Waals surface area (Å²) in [6.45, 7) is 0. The zero-order valence-corrected chi connectivity index (χ0v) is 12.0. The van der Waals surface area contributed by atoms with E-state index in [1.54, 1.807) is 0 Å². The largest absolute Gasteiger partial charge is 0.426 e. The van der Waals surface area contributed by atoms with E-state index >= 15 is 0 Å². The van der Waals surface area contributed by atoms with Crippen LogP contribution in [0.15, 0.2) is 42.5 Å². The van der Waals surface area contributed by atoms with E-state index in [2.05, 4.69) is 12.2 Å². The zero-order chi connectivity index (χ0) is 14.0. The number of hydrogen-bond acceptors (Lipinski definition) is 2. The van der Waals surface area contributed by atoms with Crippen molar-refractivity contribution in [3.05, 3.63) is 42.5 Å². The SMILES string of the molecule is O=C(Oc1ccccc1)C1CC2CC1C1C3C=CC(C3)C21. The summed E-state index contributed by atoms with van der Waals surface area (Å²) >= 11 is 0. The summed E-state index contributed by atoms with van der Waals surface area (Å²) < 4.78 is 5.62. The third kappa shape index (κ3) is 1.62. The highest BCUT2D eigenvalue weighted by Gasteiger charge is 2.62. The Bertz CT molecular complexity index is 605. The summed E-state index contributed by atoms with van der Waals surface area (Å²) in [5, 5.41) is 0. The van der Waals surface area contributed by atoms with Gasteiger partial charge in [-0.05, 0) is 66.9 Å². The molecule has 0 amide bonds. The lowest BCUT2D eigenvalue weighted by molar-refractivity contribution is -0.142. The monoisotopic (exact) mass is 280 g/mol. The maximum atomic E-state index is 12.6. The Hall–Kier alpha value is -1.57. The van der Waals surface area contributed by atoms with Gasteiger partial charge in [-0.15, -0.1) is 0 Å². The molecule has 0 heterocycles. The van der Waals surface area contributed by atoms with E-state index in [9.17, 15) is 4.79 Å². The van der Waals surface area contributed by atoms with Gasteiger partial charge < -0.3 is 4.74 Å². The molecule has 0 aliphatic heterocycles. The van der Waals surface area contributed by atoms with Gasteiger partial charge in [0.15, 0.2) is 0 Å². The molecule has 2 heteroatoms. The minimum atomic E-state index is 0.0129. The molecule has 0 spiro atoms. The number of benzene rings is 1. The molecule has 0 saturated heterocycles. The van der Waals surface area contributed by atoms with Crippen LogP contribution in [0, 0.1) is 41.4 Å². The van der Waals surface area contributed by atoms with E-state index in [1.165, 1.54) is 12.8 Å². The van der Waals surface area contributed by atoms with Crippen LogP contribution >= 0.6 is 0 Å². The van der Waals surface area contributed by atoms with E-state index < -0.39 is 0 Å². The summed E-state index contributed by atoms with van der Waals surface area (Å²) in [4.78, 5) is 12.6. The van der Waals surface area contributed by atoms with Gasteiger partial charge in [-0.2, -0.15) is 0 Å². The molecule has 0 aromatic heterocycles. The quantitative estimate of drug-likeness (QED) is 0.357. The van der Waals surface area contributed by atoms with Gasteiger partial charge in [0.2, 0.25) is 0 Å². The number of allylic oxidation sites excluding steroid dienone is 2. The molecule has 5 rings (SSSR count). The number of fused-ring (bicyclic) bond motifs is 9. The van der Waals surface area contributed by atoms with Gasteiger partial charge in [0.25, 0.3) is 0 Å². The van der Waals surface area contributed by atoms with Crippen molar-refractivity contribution in [3.63, 3.8) is 0 Å². The van der Waals surface area contributed by atoms with Crippen molar-refractivity contribution >= 4 is 5.97 Å². The minimum absolute atomic E-state index is 0.0129. The first-order valence-corrected chi connectivity index (χ1v) is 8.26. The Labute approximate surface area is 125 Å². The van der Waals surface area contributed by atoms with E-state index in [1.807, 2.05) is 30.3 Å². The maximum Gasteiger partial charge on any atom is 0.314 e. The fourth-order valence-corrected chi connectivity index (χ4v) is 5.97. The lowest BCUT2D eigenvalue weighted by Gasteiger charge is -2.35. The fourth-order valence-electron chi connectivity index (χ4n) is 5.97. The molecule has 21 heavy (non-hydrogen) atoms. The lowest BCUT2D eigenvalue weighted by atomic mass is 9.69. The van der Waals surface area contributed by atoms with Crippen LogP contribution in [0.5, 0.6) is 5.75 Å². The van der Waals surface area contributed by atoms with Crippen LogP contribution in [-0.2, 0) is 4.79 Å². The van der Waals surface area contributed by atoms with Crippen molar-refractivity contribution in [1.82, 2.24) is 0 Å². The first kappa shape index (κ1) is 12.0. The molecule has 0 N–H and O–H groups in total. The average molecular weight is 280 g/mol. The highest BCUT2D eigenvalue weighted by Crippen LogP contribution is 2.67. The van der Waals surface area contributed by atoms with Gasteiger partial charge in [-0.25, -0.2) is 0 Å². The van der Waals surface area contributed by atoms with Gasteiger partial charge in [0, 0.05) is 0 Å². The van der Waals surface area contributed by atoms with Crippen LogP contribution in [0.4, 0.5) is 0 Å². The van der Waals surface area contributed by atoms with Crippen LogP contribution in [0.3, 0.4) is 0 Å². The van der Waals surface area contributed by atoms with Crippen molar-refractivity contribution in [2.75, 3.05) is 0 Å². The highest BCUT2D eigenvalue weighted by atomic mass is 16.5. The Morgan fingerprint density at radius 2 is 1.71 bits per heavy atom. The summed E-state index contributed by atoms with van der Waals surface area (Å²) in [5.41, 5.74) is 0. The molecule has 1 aromatic rings. The third-order valence-electron chi connectivity index (χ3n) is 6.53. The maximum absolute atomic E-state index is 12.6. The first-order chi connectivity index (χ1) is 10.3. The Balaban J connectivity index is 1.36. The van der Waals surface area contributed by atoms with Crippen molar-refractivity contribution in [2.24, 2.45) is 41.4 Å². The Morgan fingerprint density at radius 1 is 0.952 bits per heavy atom. The van der Waals surface area contributed by atoms with E-state index in [-0.39, 0.29) is 11.9 Å². The van der Waals surface area contributed by atoms with Crippen LogP contribution in [0.25, 0.3) is 0 Å². The number of para-hydroxylation sites is 1. The molecule has 1 aromatic carbocycles. The fraction of sp³-hybridized carbons (Fsp3) is 0.526. The van der Waals surface area contributed by atoms with Crippen molar-refractivity contribution in [2.45, 2.75) is 19.3 Å². The molecule has 4 aliphatic rings. The summed E-state index contributed by atoms with van der Waals surface area (Å²) in [6, 6.07) is 9.52. The molecule has 3 fully saturated rings. The zero-order valence-electron chi connectivity index (χ0n) is 12.0. The van der Waals surface area contributed by atoms with E-state index in [4.69, 9.17) is 4.74 Å². The lowest BCUT2D eigenvalue weighted by Crippen LogP contribution is -2.36. The molecular formula is C19H20O2. The van der Waals surface area contributed by atoms with Crippen molar-refractivity contribution < 1.29 is 9.53 Å². The van der Waals surface area contributed by atoms with Gasteiger partial charge >= 0.3 is 5.97 Å². The van der Waals surface area contributed by atoms with Gasteiger partial charge in [-0.3, -0.25) is 4.79 Å². The van der Waals surface area contributed by atoms with E-state index in [0.717, 1.165) is 36.0 Å². The summed E-state index contributed by atoms with van der Waals surface area (Å²) in [7, 11) is 0. The Kier molecular flexibility index (Phi) is 2.42. The normalized spacial score (nSPS) is 45.0. The summed E-state index contributed by atoms with van der Waals surface area (Å²) in [5.74, 6) is 5.42. The predicted octanol–water partition coefficient (Wildman–Crippen LogP) is 3.69. The molecular weight excluding hydrogens is 260 g/mol. The topological polar surface area (TPSA) is 26.3 Å². The van der Waals surface area contributed by atoms with Crippen LogP contribution < -0.4 is 4.74 Å². The smallest absolute Gasteiger partial charge is 0.314 e. The second-order valence-electron chi connectivity index (χ2n) is 7.34. The number of esters is 1. The van der Waals surface area contributed by atoms with Crippen LogP contribution in [-0.4, -0.2) is 5.97 Å². The van der Waals surface area contributed by atoms with Gasteiger partial charge in [-0.1, -0.05) is 30.4 Å². The number of hydrogen-bond donors (Lipinski definition) is 0.